The van der Waals surface area contributed by atoms with E-state index in [2.05, 4.69) is 26.2 Å². The highest BCUT2D eigenvalue weighted by Crippen LogP contribution is 2.32. The lowest BCUT2D eigenvalue weighted by molar-refractivity contribution is 0.142. The molecule has 0 aliphatic carbocycles. The average Bonchev–Trinajstić information content (AvgIpc) is 2.67. The predicted molar refractivity (Wildman–Crippen MR) is 113 cm³/mol. The molecule has 0 aliphatic rings. The van der Waals surface area contributed by atoms with E-state index in [1.54, 1.807) is 42.6 Å². The Labute approximate surface area is 180 Å². The lowest BCUT2D eigenvalue weighted by Crippen LogP contribution is -2.18. The van der Waals surface area contributed by atoms with Gasteiger partial charge in [-0.1, -0.05) is 23.2 Å². The zero-order valence-electron chi connectivity index (χ0n) is 14.7. The van der Waals surface area contributed by atoms with E-state index in [0.717, 1.165) is 16.7 Å². The Balaban J connectivity index is 1.97. The van der Waals surface area contributed by atoms with E-state index in [-0.39, 0.29) is 6.61 Å². The van der Waals surface area contributed by atoms with Crippen molar-refractivity contribution >= 4 is 45.2 Å². The van der Waals surface area contributed by atoms with Gasteiger partial charge in [0.15, 0.2) is 0 Å². The first-order valence-electron chi connectivity index (χ1n) is 8.17. The van der Waals surface area contributed by atoms with Crippen molar-refractivity contribution < 1.29 is 14.3 Å². The Kier molecular flexibility index (Phi) is 6.78. The number of alkyl carbamates (subject to hydrolysis) is 1. The number of halogens is 3. The molecule has 8 heteroatoms. The normalized spacial score (nSPS) is 10.4. The highest BCUT2D eigenvalue weighted by atomic mass is 79.9. The molecule has 0 fully saturated rings. The number of carbonyl (C=O) groups excluding carboxylic acids is 1. The fourth-order valence-corrected chi connectivity index (χ4v) is 3.23. The van der Waals surface area contributed by atoms with Gasteiger partial charge in [-0.25, -0.2) is 9.78 Å². The SMILES string of the molecule is CNC(=O)OCc1cc(Oc2ccc(Br)nc2)cc(-c2cc(Cl)cc(Cl)c2)c1. The summed E-state index contributed by atoms with van der Waals surface area (Å²) in [5, 5.41) is 3.46. The molecule has 0 unspecified atom stereocenters. The van der Waals surface area contributed by atoms with Gasteiger partial charge in [0.25, 0.3) is 0 Å². The van der Waals surface area contributed by atoms with Crippen LogP contribution >= 0.6 is 39.1 Å². The van der Waals surface area contributed by atoms with E-state index in [1.807, 2.05) is 12.1 Å². The number of benzene rings is 2. The molecule has 28 heavy (non-hydrogen) atoms. The van der Waals surface area contributed by atoms with Gasteiger partial charge in [0, 0.05) is 17.1 Å². The van der Waals surface area contributed by atoms with Crippen molar-refractivity contribution in [1.82, 2.24) is 10.3 Å². The van der Waals surface area contributed by atoms with Crippen LogP contribution < -0.4 is 10.1 Å². The van der Waals surface area contributed by atoms with E-state index in [4.69, 9.17) is 32.7 Å². The highest BCUT2D eigenvalue weighted by molar-refractivity contribution is 9.10. The number of aromatic nitrogens is 1. The molecule has 1 aromatic heterocycles. The molecule has 0 radical (unpaired) electrons. The molecule has 3 aromatic rings. The first-order valence-corrected chi connectivity index (χ1v) is 9.72. The van der Waals surface area contributed by atoms with Crippen LogP contribution in [0.15, 0.2) is 59.3 Å². The molecular formula is C20H15BrCl2N2O3. The van der Waals surface area contributed by atoms with Gasteiger partial charge in [0.05, 0.1) is 6.20 Å². The predicted octanol–water partition coefficient (Wildman–Crippen LogP) is 6.47. The Morgan fingerprint density at radius 2 is 1.75 bits per heavy atom. The van der Waals surface area contributed by atoms with Gasteiger partial charge in [0.2, 0.25) is 0 Å². The molecule has 3 rings (SSSR count). The fourth-order valence-electron chi connectivity index (χ4n) is 2.47. The molecule has 1 amide bonds. The van der Waals surface area contributed by atoms with Gasteiger partial charge in [-0.3, -0.25) is 0 Å². The summed E-state index contributed by atoms with van der Waals surface area (Å²) >= 11 is 15.6. The molecule has 0 spiro atoms. The summed E-state index contributed by atoms with van der Waals surface area (Å²) in [5.74, 6) is 1.14. The number of nitrogens with zero attached hydrogens (tertiary/aromatic N) is 1. The molecule has 2 aromatic carbocycles. The zero-order chi connectivity index (χ0) is 20.1. The number of carbonyl (C=O) groups is 1. The molecule has 0 aliphatic heterocycles. The van der Waals surface area contributed by atoms with Crippen molar-refractivity contribution in [3.05, 3.63) is 74.9 Å². The number of pyridine rings is 1. The minimum absolute atomic E-state index is 0.0801. The molecule has 1 N–H and O–H groups in total. The van der Waals surface area contributed by atoms with E-state index < -0.39 is 6.09 Å². The highest BCUT2D eigenvalue weighted by Gasteiger charge is 2.09. The Morgan fingerprint density at radius 3 is 2.39 bits per heavy atom. The van der Waals surface area contributed by atoms with Gasteiger partial charge in [-0.15, -0.1) is 0 Å². The van der Waals surface area contributed by atoms with Gasteiger partial charge < -0.3 is 14.8 Å². The third-order valence-electron chi connectivity index (χ3n) is 3.67. The van der Waals surface area contributed by atoms with Crippen LogP contribution in [0.3, 0.4) is 0 Å². The van der Waals surface area contributed by atoms with Crippen LogP contribution in [0.4, 0.5) is 4.79 Å². The minimum atomic E-state index is -0.518. The van der Waals surface area contributed by atoms with Crippen molar-refractivity contribution in [3.63, 3.8) is 0 Å². The zero-order valence-corrected chi connectivity index (χ0v) is 17.8. The van der Waals surface area contributed by atoms with Gasteiger partial charge in [-0.05, 0) is 81.2 Å². The first-order chi connectivity index (χ1) is 13.4. The number of hydrogen-bond acceptors (Lipinski definition) is 4. The van der Waals surface area contributed by atoms with Gasteiger partial charge in [-0.2, -0.15) is 0 Å². The van der Waals surface area contributed by atoms with Crippen molar-refractivity contribution in [3.8, 4) is 22.6 Å². The van der Waals surface area contributed by atoms with Gasteiger partial charge >= 0.3 is 6.09 Å². The van der Waals surface area contributed by atoms with Crippen LogP contribution in [-0.2, 0) is 11.3 Å². The van der Waals surface area contributed by atoms with Crippen molar-refractivity contribution in [1.29, 1.82) is 0 Å². The first kappa shape index (κ1) is 20.5. The number of amides is 1. The molecule has 0 saturated carbocycles. The van der Waals surface area contributed by atoms with Crippen molar-refractivity contribution in [2.75, 3.05) is 7.05 Å². The van der Waals surface area contributed by atoms with Crippen LogP contribution in [0.25, 0.3) is 11.1 Å². The van der Waals surface area contributed by atoms with Crippen LogP contribution in [-0.4, -0.2) is 18.1 Å². The van der Waals surface area contributed by atoms with Crippen LogP contribution in [0.1, 0.15) is 5.56 Å². The molecule has 5 nitrogen and oxygen atoms in total. The number of rotatable bonds is 5. The smallest absolute Gasteiger partial charge is 0.407 e. The maximum Gasteiger partial charge on any atom is 0.407 e. The maximum absolute atomic E-state index is 11.4. The Morgan fingerprint density at radius 1 is 1.04 bits per heavy atom. The van der Waals surface area contributed by atoms with Crippen LogP contribution in [0.5, 0.6) is 11.5 Å². The topological polar surface area (TPSA) is 60.5 Å². The molecule has 0 bridgehead atoms. The van der Waals surface area contributed by atoms with E-state index >= 15 is 0 Å². The second-order valence-corrected chi connectivity index (χ2v) is 7.45. The molecule has 0 saturated heterocycles. The monoisotopic (exact) mass is 480 g/mol. The standard InChI is InChI=1S/C20H15BrCl2N2O3/c1-24-20(26)27-11-12-4-13(14-6-15(22)9-16(23)7-14)8-18(5-12)28-17-2-3-19(21)25-10-17/h2-10H,11H2,1H3,(H,24,26). The summed E-state index contributed by atoms with van der Waals surface area (Å²) in [6, 6.07) is 14.4. The summed E-state index contributed by atoms with van der Waals surface area (Å²) in [6.07, 6.45) is 1.09. The lowest BCUT2D eigenvalue weighted by atomic mass is 10.0. The summed E-state index contributed by atoms with van der Waals surface area (Å²) in [4.78, 5) is 15.6. The van der Waals surface area contributed by atoms with E-state index in [0.29, 0.717) is 26.1 Å². The number of ether oxygens (including phenoxy) is 2. The number of nitrogens with one attached hydrogen (secondary N) is 1. The third-order valence-corrected chi connectivity index (χ3v) is 4.58. The quantitative estimate of drug-likeness (QED) is 0.424. The fraction of sp³-hybridized carbons (Fsp3) is 0.100. The lowest BCUT2D eigenvalue weighted by Gasteiger charge is -2.12. The third kappa shape index (κ3) is 5.61. The largest absolute Gasteiger partial charge is 0.456 e. The summed E-state index contributed by atoms with van der Waals surface area (Å²) < 4.78 is 11.8. The summed E-state index contributed by atoms with van der Waals surface area (Å²) in [6.45, 7) is 0.0801. The van der Waals surface area contributed by atoms with Crippen molar-refractivity contribution in [2.45, 2.75) is 6.61 Å². The minimum Gasteiger partial charge on any atom is -0.456 e. The van der Waals surface area contributed by atoms with Gasteiger partial charge in [0.1, 0.15) is 22.7 Å². The second kappa shape index (κ2) is 9.28. The molecule has 144 valence electrons. The maximum atomic E-state index is 11.4. The molecule has 0 atom stereocenters. The van der Waals surface area contributed by atoms with Crippen molar-refractivity contribution in [2.24, 2.45) is 0 Å². The average molecular weight is 482 g/mol. The van der Waals surface area contributed by atoms with E-state index in [1.165, 1.54) is 7.05 Å². The Hall–Kier alpha value is -2.28. The molecule has 1 heterocycles. The number of hydrogen-bond donors (Lipinski definition) is 1. The summed E-state index contributed by atoms with van der Waals surface area (Å²) in [7, 11) is 1.50. The summed E-state index contributed by atoms with van der Waals surface area (Å²) in [5.41, 5.74) is 2.39. The van der Waals surface area contributed by atoms with Crippen LogP contribution in [0, 0.1) is 0 Å². The van der Waals surface area contributed by atoms with E-state index in [9.17, 15) is 4.79 Å². The Bertz CT molecular complexity index is 977. The second-order valence-electron chi connectivity index (χ2n) is 5.77. The van der Waals surface area contributed by atoms with Crippen LogP contribution in [0.2, 0.25) is 10.0 Å². The molecular weight excluding hydrogens is 467 g/mol.